The highest BCUT2D eigenvalue weighted by Gasteiger charge is 2.03. The van der Waals surface area contributed by atoms with Crippen LogP contribution in [-0.2, 0) is 0 Å². The maximum Gasteiger partial charge on any atom is 0.0894 e. The number of nitrogens with zero attached hydrogens (tertiary/aromatic N) is 1. The van der Waals surface area contributed by atoms with E-state index in [1.54, 1.807) is 0 Å². The van der Waals surface area contributed by atoms with Crippen LogP contribution in [0.3, 0.4) is 0 Å². The quantitative estimate of drug-likeness (QED) is 0.473. The van der Waals surface area contributed by atoms with Gasteiger partial charge in [-0.1, -0.05) is 0 Å². The largest absolute Gasteiger partial charge is 0.394 e. The molecule has 0 radical (unpaired) electrons. The van der Waals surface area contributed by atoms with Crippen LogP contribution >= 0.6 is 0 Å². The van der Waals surface area contributed by atoms with E-state index in [-0.39, 0.29) is 6.61 Å². The summed E-state index contributed by atoms with van der Waals surface area (Å²) in [6, 6.07) is 0.582. The van der Waals surface area contributed by atoms with Crippen molar-refractivity contribution in [1.82, 2.24) is 10.2 Å². The number of hydrogen-bond acceptors (Lipinski definition) is 4. The lowest BCUT2D eigenvalue weighted by Gasteiger charge is -2.20. The molecule has 0 aromatic rings. The first-order chi connectivity index (χ1) is 6.57. The molecule has 3 N–H and O–H groups in total. The summed E-state index contributed by atoms with van der Waals surface area (Å²) >= 11 is 0. The molecule has 4 heteroatoms. The molecule has 1 atom stereocenters. The van der Waals surface area contributed by atoms with Gasteiger partial charge in [-0.15, -0.1) is 0 Å². The predicted molar refractivity (Wildman–Crippen MR) is 58.3 cm³/mol. The zero-order valence-electron chi connectivity index (χ0n) is 9.53. The summed E-state index contributed by atoms with van der Waals surface area (Å²) in [5, 5.41) is 20.7. The fourth-order valence-electron chi connectivity index (χ4n) is 1.04. The average molecular weight is 204 g/mol. The fraction of sp³-hybridized carbons (Fsp3) is 1.00. The van der Waals surface area contributed by atoms with E-state index in [0.29, 0.717) is 12.6 Å². The first kappa shape index (κ1) is 13.8. The van der Waals surface area contributed by atoms with Gasteiger partial charge in [0.25, 0.3) is 0 Å². The Labute approximate surface area is 86.9 Å². The van der Waals surface area contributed by atoms with Crippen LogP contribution in [0.2, 0.25) is 0 Å². The standard InChI is InChI=1S/C10H24N2O2/c1-9(2)12(3)6-4-5-11-7-10(14)8-13/h9-11,13-14H,4-8H2,1-3H3/t10-/m0/s1. The summed E-state index contributed by atoms with van der Waals surface area (Å²) in [4.78, 5) is 2.28. The van der Waals surface area contributed by atoms with E-state index in [9.17, 15) is 0 Å². The smallest absolute Gasteiger partial charge is 0.0894 e. The zero-order chi connectivity index (χ0) is 11.0. The van der Waals surface area contributed by atoms with Crippen LogP contribution < -0.4 is 5.32 Å². The molecule has 0 saturated heterocycles. The molecule has 14 heavy (non-hydrogen) atoms. The second-order valence-electron chi connectivity index (χ2n) is 3.97. The normalized spacial score (nSPS) is 13.9. The minimum absolute atomic E-state index is 0.168. The van der Waals surface area contributed by atoms with Crippen molar-refractivity contribution in [1.29, 1.82) is 0 Å². The molecule has 0 aromatic carbocycles. The molecular formula is C10H24N2O2. The lowest BCUT2D eigenvalue weighted by Crippen LogP contribution is -2.33. The lowest BCUT2D eigenvalue weighted by molar-refractivity contribution is 0.0943. The van der Waals surface area contributed by atoms with Crippen molar-refractivity contribution in [2.24, 2.45) is 0 Å². The van der Waals surface area contributed by atoms with Gasteiger partial charge in [-0.25, -0.2) is 0 Å². The second-order valence-corrected chi connectivity index (χ2v) is 3.97. The van der Waals surface area contributed by atoms with Gasteiger partial charge in [-0.05, 0) is 40.4 Å². The third-order valence-electron chi connectivity index (χ3n) is 2.34. The molecule has 0 rings (SSSR count). The summed E-state index contributed by atoms with van der Waals surface area (Å²) in [5.41, 5.74) is 0. The molecule has 0 heterocycles. The van der Waals surface area contributed by atoms with Crippen molar-refractivity contribution < 1.29 is 10.2 Å². The molecule has 0 aliphatic rings. The number of aliphatic hydroxyl groups excluding tert-OH is 2. The van der Waals surface area contributed by atoms with E-state index in [2.05, 4.69) is 31.1 Å². The summed E-state index contributed by atoms with van der Waals surface area (Å²) in [5.74, 6) is 0. The van der Waals surface area contributed by atoms with Gasteiger partial charge in [0.2, 0.25) is 0 Å². The van der Waals surface area contributed by atoms with Crippen LogP contribution in [0.1, 0.15) is 20.3 Å². The van der Waals surface area contributed by atoms with Crippen LogP contribution in [0.4, 0.5) is 0 Å². The second kappa shape index (κ2) is 8.17. The van der Waals surface area contributed by atoms with Gasteiger partial charge in [0.15, 0.2) is 0 Å². The predicted octanol–water partition coefficient (Wildman–Crippen LogP) is -0.340. The van der Waals surface area contributed by atoms with Gasteiger partial charge in [0.05, 0.1) is 12.7 Å². The van der Waals surface area contributed by atoms with Crippen LogP contribution in [0.25, 0.3) is 0 Å². The molecule has 86 valence electrons. The molecule has 0 saturated carbocycles. The van der Waals surface area contributed by atoms with Crippen LogP contribution in [0.15, 0.2) is 0 Å². The van der Waals surface area contributed by atoms with Crippen molar-refractivity contribution in [3.05, 3.63) is 0 Å². The summed E-state index contributed by atoms with van der Waals surface area (Å²) in [6.07, 6.45) is 0.435. The molecular weight excluding hydrogens is 180 g/mol. The van der Waals surface area contributed by atoms with Gasteiger partial charge in [0, 0.05) is 12.6 Å². The Bertz CT molecular complexity index is 131. The van der Waals surface area contributed by atoms with Gasteiger partial charge in [0.1, 0.15) is 0 Å². The van der Waals surface area contributed by atoms with E-state index in [0.717, 1.165) is 19.5 Å². The van der Waals surface area contributed by atoms with Crippen molar-refractivity contribution in [3.8, 4) is 0 Å². The van der Waals surface area contributed by atoms with Crippen molar-refractivity contribution in [2.75, 3.05) is 33.3 Å². The van der Waals surface area contributed by atoms with E-state index in [4.69, 9.17) is 10.2 Å². The summed E-state index contributed by atoms with van der Waals surface area (Å²) in [6.45, 7) is 6.58. The Morgan fingerprint density at radius 1 is 1.36 bits per heavy atom. The molecule has 0 bridgehead atoms. The lowest BCUT2D eigenvalue weighted by atomic mass is 10.3. The average Bonchev–Trinajstić information content (AvgIpc) is 2.16. The summed E-state index contributed by atoms with van der Waals surface area (Å²) in [7, 11) is 2.10. The number of nitrogens with one attached hydrogen (secondary N) is 1. The van der Waals surface area contributed by atoms with Crippen molar-refractivity contribution in [2.45, 2.75) is 32.4 Å². The van der Waals surface area contributed by atoms with Gasteiger partial charge < -0.3 is 20.4 Å². The molecule has 0 spiro atoms. The first-order valence-corrected chi connectivity index (χ1v) is 5.27. The first-order valence-electron chi connectivity index (χ1n) is 5.27. The Hall–Kier alpha value is -0.160. The van der Waals surface area contributed by atoms with Gasteiger partial charge in [-0.2, -0.15) is 0 Å². The molecule has 0 aromatic heterocycles. The van der Waals surface area contributed by atoms with Crippen LogP contribution in [0.5, 0.6) is 0 Å². The monoisotopic (exact) mass is 204 g/mol. The fourth-order valence-corrected chi connectivity index (χ4v) is 1.04. The molecule has 0 unspecified atom stereocenters. The highest BCUT2D eigenvalue weighted by atomic mass is 16.3. The zero-order valence-corrected chi connectivity index (χ0v) is 9.53. The van der Waals surface area contributed by atoms with E-state index >= 15 is 0 Å². The van der Waals surface area contributed by atoms with Crippen LogP contribution in [-0.4, -0.2) is 60.5 Å². The van der Waals surface area contributed by atoms with E-state index in [1.807, 2.05) is 0 Å². The number of aliphatic hydroxyl groups is 2. The van der Waals surface area contributed by atoms with Gasteiger partial charge >= 0.3 is 0 Å². The number of hydrogen-bond donors (Lipinski definition) is 3. The maximum atomic E-state index is 9.03. The summed E-state index contributed by atoms with van der Waals surface area (Å²) < 4.78 is 0. The molecule has 0 aliphatic carbocycles. The topological polar surface area (TPSA) is 55.7 Å². The van der Waals surface area contributed by atoms with E-state index in [1.165, 1.54) is 0 Å². The Morgan fingerprint density at radius 3 is 2.50 bits per heavy atom. The third kappa shape index (κ3) is 7.26. The Kier molecular flexibility index (Phi) is 8.08. The SMILES string of the molecule is CC(C)N(C)CCCNC[C@H](O)CO. The minimum atomic E-state index is -0.627. The van der Waals surface area contributed by atoms with E-state index < -0.39 is 6.10 Å². The Morgan fingerprint density at radius 2 is 2.00 bits per heavy atom. The highest BCUT2D eigenvalue weighted by Crippen LogP contribution is 1.94. The van der Waals surface area contributed by atoms with Crippen molar-refractivity contribution in [3.63, 3.8) is 0 Å². The van der Waals surface area contributed by atoms with Gasteiger partial charge in [-0.3, -0.25) is 0 Å². The molecule has 0 fully saturated rings. The minimum Gasteiger partial charge on any atom is -0.394 e. The van der Waals surface area contributed by atoms with Crippen molar-refractivity contribution >= 4 is 0 Å². The molecule has 0 aliphatic heterocycles. The number of rotatable bonds is 8. The molecule has 0 amide bonds. The molecule has 4 nitrogen and oxygen atoms in total. The maximum absolute atomic E-state index is 9.03. The highest BCUT2D eigenvalue weighted by molar-refractivity contribution is 4.60. The Balaban J connectivity index is 3.21. The third-order valence-corrected chi connectivity index (χ3v) is 2.34. The van der Waals surface area contributed by atoms with Crippen LogP contribution in [0, 0.1) is 0 Å².